The maximum atomic E-state index is 2.35. The SMILES string of the molecule is CCCCP(CCCC)CCCCP(CCCC)CCCC. The van der Waals surface area contributed by atoms with Crippen molar-refractivity contribution in [2.45, 2.75) is 91.9 Å². The van der Waals surface area contributed by atoms with E-state index in [0.29, 0.717) is 15.8 Å². The van der Waals surface area contributed by atoms with Crippen molar-refractivity contribution in [2.24, 2.45) is 0 Å². The first-order chi connectivity index (χ1) is 10.8. The molecule has 134 valence electrons. The van der Waals surface area contributed by atoms with Crippen LogP contribution in [0.25, 0.3) is 0 Å². The maximum absolute atomic E-state index is 2.35. The lowest BCUT2D eigenvalue weighted by Crippen LogP contribution is -1.99. The van der Waals surface area contributed by atoms with Crippen molar-refractivity contribution in [3.63, 3.8) is 0 Å². The zero-order valence-electron chi connectivity index (χ0n) is 16.2. The van der Waals surface area contributed by atoms with Gasteiger partial charge < -0.3 is 0 Å². The summed E-state index contributed by atoms with van der Waals surface area (Å²) in [5.41, 5.74) is 0. The molecular weight excluding hydrogens is 302 g/mol. The van der Waals surface area contributed by atoms with Gasteiger partial charge >= 0.3 is 0 Å². The van der Waals surface area contributed by atoms with E-state index in [0.717, 1.165) is 0 Å². The van der Waals surface area contributed by atoms with Crippen molar-refractivity contribution in [3.8, 4) is 0 Å². The van der Waals surface area contributed by atoms with E-state index in [-0.39, 0.29) is 0 Å². The standard InChI is InChI=1S/C20H44P2/c1-5-9-15-21(16-10-6-2)19-13-14-20-22(17-11-7-3)18-12-8-4/h5-20H2,1-4H3. The van der Waals surface area contributed by atoms with E-state index in [1.807, 2.05) is 0 Å². The van der Waals surface area contributed by atoms with E-state index in [4.69, 9.17) is 0 Å². The Hall–Kier alpha value is 0.860. The van der Waals surface area contributed by atoms with Crippen LogP contribution in [0.5, 0.6) is 0 Å². The molecule has 2 heteroatoms. The fourth-order valence-electron chi connectivity index (χ4n) is 2.87. The van der Waals surface area contributed by atoms with Crippen LogP contribution in [0.3, 0.4) is 0 Å². The highest BCUT2D eigenvalue weighted by molar-refractivity contribution is 7.58. The lowest BCUT2D eigenvalue weighted by atomic mass is 10.4. The number of hydrogen-bond donors (Lipinski definition) is 0. The third kappa shape index (κ3) is 14.5. The van der Waals surface area contributed by atoms with E-state index in [9.17, 15) is 0 Å². The molecule has 0 aliphatic carbocycles. The van der Waals surface area contributed by atoms with Gasteiger partial charge in [-0.1, -0.05) is 53.4 Å². The molecule has 0 nitrogen and oxygen atoms in total. The van der Waals surface area contributed by atoms with Gasteiger partial charge in [-0.3, -0.25) is 0 Å². The molecule has 0 heterocycles. The predicted octanol–water partition coefficient (Wildman–Crippen LogP) is 7.93. The van der Waals surface area contributed by atoms with Crippen LogP contribution in [-0.2, 0) is 0 Å². The minimum Gasteiger partial charge on any atom is -0.107 e. The monoisotopic (exact) mass is 346 g/mol. The van der Waals surface area contributed by atoms with Gasteiger partial charge in [-0.2, -0.15) is 0 Å². The Morgan fingerprint density at radius 2 is 0.591 bits per heavy atom. The van der Waals surface area contributed by atoms with Crippen molar-refractivity contribution in [3.05, 3.63) is 0 Å². The zero-order valence-corrected chi connectivity index (χ0v) is 18.0. The third-order valence-corrected chi connectivity index (χ3v) is 10.2. The molecular formula is C20H44P2. The summed E-state index contributed by atoms with van der Waals surface area (Å²) in [7, 11) is 0.764. The Bertz CT molecular complexity index is 168. The van der Waals surface area contributed by atoms with Crippen molar-refractivity contribution < 1.29 is 0 Å². The zero-order chi connectivity index (χ0) is 16.5. The first kappa shape index (κ1) is 22.9. The lowest BCUT2D eigenvalue weighted by Gasteiger charge is -2.20. The first-order valence-electron chi connectivity index (χ1n) is 10.2. The molecule has 0 aliphatic rings. The summed E-state index contributed by atoms with van der Waals surface area (Å²) in [6.07, 6.45) is 24.0. The number of rotatable bonds is 17. The minimum atomic E-state index is 0.382. The summed E-state index contributed by atoms with van der Waals surface area (Å²) >= 11 is 0. The molecule has 0 radical (unpaired) electrons. The van der Waals surface area contributed by atoms with Gasteiger partial charge in [0.1, 0.15) is 0 Å². The largest absolute Gasteiger partial charge is 0.107 e. The predicted molar refractivity (Wildman–Crippen MR) is 112 cm³/mol. The van der Waals surface area contributed by atoms with Crippen LogP contribution in [0.1, 0.15) is 91.9 Å². The summed E-state index contributed by atoms with van der Waals surface area (Å²) in [6, 6.07) is 0. The van der Waals surface area contributed by atoms with Gasteiger partial charge in [0.15, 0.2) is 0 Å². The van der Waals surface area contributed by atoms with E-state index < -0.39 is 0 Å². The molecule has 0 bridgehead atoms. The molecule has 0 aromatic carbocycles. The molecule has 0 fully saturated rings. The van der Waals surface area contributed by atoms with Gasteiger partial charge in [0, 0.05) is 0 Å². The van der Waals surface area contributed by atoms with E-state index >= 15 is 0 Å². The van der Waals surface area contributed by atoms with Crippen LogP contribution >= 0.6 is 15.8 Å². The quantitative estimate of drug-likeness (QED) is 0.185. The molecule has 22 heavy (non-hydrogen) atoms. The lowest BCUT2D eigenvalue weighted by molar-refractivity contribution is 0.837. The Morgan fingerprint density at radius 3 is 0.818 bits per heavy atom. The second-order valence-electron chi connectivity index (χ2n) is 6.80. The molecule has 0 spiro atoms. The van der Waals surface area contributed by atoms with Crippen LogP contribution in [0.2, 0.25) is 0 Å². The van der Waals surface area contributed by atoms with E-state index in [1.54, 1.807) is 37.0 Å². The molecule has 0 saturated heterocycles. The summed E-state index contributed by atoms with van der Waals surface area (Å²) in [4.78, 5) is 0. The Kier molecular flexibility index (Phi) is 18.9. The summed E-state index contributed by atoms with van der Waals surface area (Å²) in [5.74, 6) is 0. The second-order valence-corrected chi connectivity index (χ2v) is 12.2. The minimum absolute atomic E-state index is 0.382. The second kappa shape index (κ2) is 18.2. The number of unbranched alkanes of at least 4 members (excludes halogenated alkanes) is 5. The van der Waals surface area contributed by atoms with Crippen molar-refractivity contribution in [1.82, 2.24) is 0 Å². The average molecular weight is 347 g/mol. The third-order valence-electron chi connectivity index (χ3n) is 4.51. The van der Waals surface area contributed by atoms with Crippen LogP contribution in [0.15, 0.2) is 0 Å². The highest BCUT2D eigenvalue weighted by Gasteiger charge is 2.09. The van der Waals surface area contributed by atoms with Crippen molar-refractivity contribution >= 4 is 15.8 Å². The molecule has 0 aliphatic heterocycles. The van der Waals surface area contributed by atoms with Gasteiger partial charge in [-0.25, -0.2) is 0 Å². The van der Waals surface area contributed by atoms with Crippen molar-refractivity contribution in [1.29, 1.82) is 0 Å². The van der Waals surface area contributed by atoms with E-state index in [1.165, 1.54) is 64.2 Å². The first-order valence-corrected chi connectivity index (χ1v) is 14.0. The van der Waals surface area contributed by atoms with Crippen LogP contribution in [0, 0.1) is 0 Å². The fourth-order valence-corrected chi connectivity index (χ4v) is 8.61. The van der Waals surface area contributed by atoms with Gasteiger partial charge in [0.05, 0.1) is 0 Å². The Morgan fingerprint density at radius 1 is 0.364 bits per heavy atom. The summed E-state index contributed by atoms with van der Waals surface area (Å²) < 4.78 is 0. The van der Waals surface area contributed by atoms with Crippen molar-refractivity contribution in [2.75, 3.05) is 37.0 Å². The van der Waals surface area contributed by atoms with Crippen LogP contribution < -0.4 is 0 Å². The molecule has 0 rings (SSSR count). The average Bonchev–Trinajstić information content (AvgIpc) is 2.54. The highest BCUT2D eigenvalue weighted by atomic mass is 31.1. The fraction of sp³-hybridized carbons (Fsp3) is 1.00. The summed E-state index contributed by atoms with van der Waals surface area (Å²) in [5, 5.41) is 0. The summed E-state index contributed by atoms with van der Waals surface area (Å²) in [6.45, 7) is 9.40. The van der Waals surface area contributed by atoms with Crippen LogP contribution in [0.4, 0.5) is 0 Å². The normalized spacial score (nSPS) is 11.7. The van der Waals surface area contributed by atoms with E-state index in [2.05, 4.69) is 27.7 Å². The molecule has 0 N–H and O–H groups in total. The Labute approximate surface area is 145 Å². The maximum Gasteiger partial charge on any atom is -0.0326 e. The van der Waals surface area contributed by atoms with Crippen LogP contribution in [-0.4, -0.2) is 37.0 Å². The molecule has 0 saturated carbocycles. The number of hydrogen-bond acceptors (Lipinski definition) is 0. The topological polar surface area (TPSA) is 0 Å². The smallest absolute Gasteiger partial charge is 0.0326 e. The molecule has 0 amide bonds. The van der Waals surface area contributed by atoms with Gasteiger partial charge in [-0.15, -0.1) is 15.8 Å². The van der Waals surface area contributed by atoms with Gasteiger partial charge in [-0.05, 0) is 75.5 Å². The highest BCUT2D eigenvalue weighted by Crippen LogP contribution is 2.41. The Balaban J connectivity index is 3.88. The van der Waals surface area contributed by atoms with Gasteiger partial charge in [0.2, 0.25) is 0 Å². The molecule has 0 atom stereocenters. The molecule has 0 aromatic rings. The molecule has 0 unspecified atom stereocenters. The molecule has 0 aromatic heterocycles. The van der Waals surface area contributed by atoms with Gasteiger partial charge in [0.25, 0.3) is 0 Å².